The van der Waals surface area contributed by atoms with Gasteiger partial charge in [0.2, 0.25) is 5.91 Å². The van der Waals surface area contributed by atoms with Crippen molar-refractivity contribution in [2.24, 2.45) is 5.92 Å². The van der Waals surface area contributed by atoms with Gasteiger partial charge in [0, 0.05) is 19.6 Å². The molecule has 0 aromatic heterocycles. The first-order valence-corrected chi connectivity index (χ1v) is 6.57. The van der Waals surface area contributed by atoms with Crippen LogP contribution in [0.3, 0.4) is 0 Å². The highest BCUT2D eigenvalue weighted by Crippen LogP contribution is 2.09. The Morgan fingerprint density at radius 2 is 2.12 bits per heavy atom. The Labute approximate surface area is 97.8 Å². The van der Waals surface area contributed by atoms with Crippen molar-refractivity contribution in [3.63, 3.8) is 0 Å². The van der Waals surface area contributed by atoms with Gasteiger partial charge in [0.25, 0.3) is 0 Å². The zero-order valence-electron chi connectivity index (χ0n) is 10.0. The Morgan fingerprint density at radius 3 is 2.81 bits per heavy atom. The maximum absolute atomic E-state index is 11.8. The zero-order chi connectivity index (χ0) is 11.2. The molecule has 4 nitrogen and oxygen atoms in total. The van der Waals surface area contributed by atoms with Gasteiger partial charge in [-0.15, -0.1) is 0 Å². The molecule has 4 heteroatoms. The van der Waals surface area contributed by atoms with Crippen molar-refractivity contribution < 1.29 is 4.79 Å². The summed E-state index contributed by atoms with van der Waals surface area (Å²) in [6.45, 7) is 6.18. The van der Waals surface area contributed by atoms with Crippen molar-refractivity contribution in [1.29, 1.82) is 0 Å². The number of carbonyl (C=O) groups is 1. The molecule has 1 atom stereocenters. The molecule has 1 amide bonds. The van der Waals surface area contributed by atoms with Gasteiger partial charge in [-0.05, 0) is 45.3 Å². The third-order valence-electron chi connectivity index (χ3n) is 3.59. The molecular weight excluding hydrogens is 202 g/mol. The van der Waals surface area contributed by atoms with Gasteiger partial charge in [-0.1, -0.05) is 0 Å². The molecule has 2 N–H and O–H groups in total. The van der Waals surface area contributed by atoms with Crippen LogP contribution in [-0.4, -0.2) is 50.1 Å². The van der Waals surface area contributed by atoms with E-state index in [-0.39, 0.29) is 11.8 Å². The molecule has 0 spiro atoms. The molecule has 2 aliphatic heterocycles. The van der Waals surface area contributed by atoms with Crippen LogP contribution in [0.1, 0.15) is 25.7 Å². The van der Waals surface area contributed by atoms with Crippen LogP contribution in [0.4, 0.5) is 0 Å². The normalized spacial score (nSPS) is 26.9. The summed E-state index contributed by atoms with van der Waals surface area (Å²) in [7, 11) is 0. The fourth-order valence-electron chi connectivity index (χ4n) is 2.56. The summed E-state index contributed by atoms with van der Waals surface area (Å²) in [5.74, 6) is 0.443. The molecule has 2 saturated heterocycles. The minimum absolute atomic E-state index is 0.201. The van der Waals surface area contributed by atoms with Crippen LogP contribution >= 0.6 is 0 Å². The number of amides is 1. The van der Waals surface area contributed by atoms with Crippen LogP contribution in [0.5, 0.6) is 0 Å². The standard InChI is InChI=1S/C12H23N3O/c16-12(11-4-3-5-13-10-11)14-6-9-15-7-1-2-8-15/h11,13H,1-10H2,(H,14,16)/t11-/m0/s1. The highest BCUT2D eigenvalue weighted by Gasteiger charge is 2.20. The van der Waals surface area contributed by atoms with E-state index in [9.17, 15) is 4.79 Å². The molecule has 0 aliphatic carbocycles. The van der Waals surface area contributed by atoms with Gasteiger partial charge in [-0.2, -0.15) is 0 Å². The number of hydrogen-bond acceptors (Lipinski definition) is 3. The number of rotatable bonds is 4. The smallest absolute Gasteiger partial charge is 0.224 e. The molecule has 0 unspecified atom stereocenters. The molecule has 0 saturated carbocycles. The Balaban J connectivity index is 1.59. The minimum atomic E-state index is 0.201. The second-order valence-electron chi connectivity index (χ2n) is 4.88. The maximum Gasteiger partial charge on any atom is 0.224 e. The van der Waals surface area contributed by atoms with Gasteiger partial charge in [-0.25, -0.2) is 0 Å². The first kappa shape index (κ1) is 11.9. The lowest BCUT2D eigenvalue weighted by molar-refractivity contribution is -0.125. The van der Waals surface area contributed by atoms with Gasteiger partial charge >= 0.3 is 0 Å². The Kier molecular flexibility index (Phi) is 4.60. The number of carbonyl (C=O) groups excluding carboxylic acids is 1. The molecule has 2 aliphatic rings. The lowest BCUT2D eigenvalue weighted by Gasteiger charge is -2.22. The summed E-state index contributed by atoms with van der Waals surface area (Å²) in [5.41, 5.74) is 0. The van der Waals surface area contributed by atoms with Crippen LogP contribution in [0.25, 0.3) is 0 Å². The van der Waals surface area contributed by atoms with Crippen LogP contribution in [-0.2, 0) is 4.79 Å². The van der Waals surface area contributed by atoms with Crippen LogP contribution in [0, 0.1) is 5.92 Å². The zero-order valence-corrected chi connectivity index (χ0v) is 10.0. The first-order valence-electron chi connectivity index (χ1n) is 6.57. The highest BCUT2D eigenvalue weighted by molar-refractivity contribution is 5.78. The van der Waals surface area contributed by atoms with Crippen molar-refractivity contribution >= 4 is 5.91 Å². The maximum atomic E-state index is 11.8. The third kappa shape index (κ3) is 3.46. The quantitative estimate of drug-likeness (QED) is 0.718. The second kappa shape index (κ2) is 6.21. The van der Waals surface area contributed by atoms with Crippen LogP contribution in [0.15, 0.2) is 0 Å². The number of piperidine rings is 1. The number of nitrogens with zero attached hydrogens (tertiary/aromatic N) is 1. The summed E-state index contributed by atoms with van der Waals surface area (Å²) in [5, 5.41) is 6.33. The first-order chi connectivity index (χ1) is 7.86. The molecule has 0 aromatic rings. The fraction of sp³-hybridized carbons (Fsp3) is 0.917. The van der Waals surface area contributed by atoms with E-state index in [0.717, 1.165) is 39.0 Å². The number of hydrogen-bond donors (Lipinski definition) is 2. The summed E-state index contributed by atoms with van der Waals surface area (Å²) >= 11 is 0. The van der Waals surface area contributed by atoms with E-state index in [1.54, 1.807) is 0 Å². The molecule has 0 radical (unpaired) electrons. The molecule has 2 heterocycles. The van der Waals surface area contributed by atoms with E-state index in [0.29, 0.717) is 0 Å². The molecule has 2 fully saturated rings. The van der Waals surface area contributed by atoms with Gasteiger partial charge in [0.15, 0.2) is 0 Å². The Morgan fingerprint density at radius 1 is 1.31 bits per heavy atom. The lowest BCUT2D eigenvalue weighted by Crippen LogP contribution is -2.42. The van der Waals surface area contributed by atoms with E-state index in [4.69, 9.17) is 0 Å². The summed E-state index contributed by atoms with van der Waals surface area (Å²) < 4.78 is 0. The number of nitrogens with one attached hydrogen (secondary N) is 2. The Hall–Kier alpha value is -0.610. The van der Waals surface area contributed by atoms with Gasteiger partial charge in [-0.3, -0.25) is 4.79 Å². The van der Waals surface area contributed by atoms with Crippen molar-refractivity contribution in [3.8, 4) is 0 Å². The molecule has 0 bridgehead atoms. The largest absolute Gasteiger partial charge is 0.355 e. The second-order valence-corrected chi connectivity index (χ2v) is 4.88. The molecular formula is C12H23N3O. The molecule has 16 heavy (non-hydrogen) atoms. The summed E-state index contributed by atoms with van der Waals surface area (Å²) in [4.78, 5) is 14.2. The average Bonchev–Trinajstić information content (AvgIpc) is 2.83. The topological polar surface area (TPSA) is 44.4 Å². The highest BCUT2D eigenvalue weighted by atomic mass is 16.1. The van der Waals surface area contributed by atoms with Crippen LogP contribution < -0.4 is 10.6 Å². The number of likely N-dealkylation sites (tertiary alicyclic amines) is 1. The lowest BCUT2D eigenvalue weighted by atomic mass is 9.99. The van der Waals surface area contributed by atoms with Crippen molar-refractivity contribution in [1.82, 2.24) is 15.5 Å². The van der Waals surface area contributed by atoms with E-state index < -0.39 is 0 Å². The molecule has 2 rings (SSSR count). The van der Waals surface area contributed by atoms with Crippen LogP contribution in [0.2, 0.25) is 0 Å². The Bertz CT molecular complexity index is 220. The van der Waals surface area contributed by atoms with E-state index >= 15 is 0 Å². The predicted molar refractivity (Wildman–Crippen MR) is 64.3 cm³/mol. The summed E-state index contributed by atoms with van der Waals surface area (Å²) in [6, 6.07) is 0. The SMILES string of the molecule is O=C(NCCN1CCCC1)[C@H]1CCCNC1. The summed E-state index contributed by atoms with van der Waals surface area (Å²) in [6.07, 6.45) is 4.81. The van der Waals surface area contributed by atoms with Crippen molar-refractivity contribution in [3.05, 3.63) is 0 Å². The average molecular weight is 225 g/mol. The van der Waals surface area contributed by atoms with Gasteiger partial charge in [0.05, 0.1) is 5.92 Å². The van der Waals surface area contributed by atoms with E-state index in [2.05, 4.69) is 15.5 Å². The monoisotopic (exact) mass is 225 g/mol. The van der Waals surface area contributed by atoms with Gasteiger partial charge < -0.3 is 15.5 Å². The van der Waals surface area contributed by atoms with Gasteiger partial charge in [0.1, 0.15) is 0 Å². The van der Waals surface area contributed by atoms with Crippen molar-refractivity contribution in [2.75, 3.05) is 39.3 Å². The molecule has 0 aromatic carbocycles. The fourth-order valence-corrected chi connectivity index (χ4v) is 2.56. The van der Waals surface area contributed by atoms with E-state index in [1.165, 1.54) is 25.9 Å². The third-order valence-corrected chi connectivity index (χ3v) is 3.59. The minimum Gasteiger partial charge on any atom is -0.355 e. The predicted octanol–water partition coefficient (Wildman–Crippen LogP) is 0.198. The van der Waals surface area contributed by atoms with Crippen molar-refractivity contribution in [2.45, 2.75) is 25.7 Å². The molecule has 92 valence electrons. The van der Waals surface area contributed by atoms with E-state index in [1.807, 2.05) is 0 Å².